The van der Waals surface area contributed by atoms with Crippen LogP contribution in [0.4, 0.5) is 0 Å². The minimum atomic E-state index is 0.344. The fourth-order valence-electron chi connectivity index (χ4n) is 2.94. The number of benzene rings is 1. The average Bonchev–Trinajstić information content (AvgIpc) is 3.02. The third-order valence-corrected chi connectivity index (χ3v) is 5.16. The third kappa shape index (κ3) is 3.23. The summed E-state index contributed by atoms with van der Waals surface area (Å²) >= 11 is 2.02. The third-order valence-electron chi connectivity index (χ3n) is 4.11. The van der Waals surface area contributed by atoms with Crippen LogP contribution in [0.3, 0.4) is 0 Å². The van der Waals surface area contributed by atoms with Crippen molar-refractivity contribution in [1.82, 2.24) is 5.32 Å². The van der Waals surface area contributed by atoms with Crippen molar-refractivity contribution in [1.29, 1.82) is 0 Å². The van der Waals surface area contributed by atoms with E-state index in [1.165, 1.54) is 29.9 Å². The van der Waals surface area contributed by atoms with E-state index in [0.717, 1.165) is 30.9 Å². The summed E-state index contributed by atoms with van der Waals surface area (Å²) in [5, 5.41) is 3.54. The van der Waals surface area contributed by atoms with Gasteiger partial charge in [-0.25, -0.2) is 0 Å². The lowest BCUT2D eigenvalue weighted by Crippen LogP contribution is -2.22. The van der Waals surface area contributed by atoms with Crippen LogP contribution in [-0.2, 0) is 0 Å². The first-order valence-electron chi connectivity index (χ1n) is 7.52. The fourth-order valence-corrected chi connectivity index (χ4v) is 4.01. The van der Waals surface area contributed by atoms with Crippen LogP contribution in [0.25, 0.3) is 0 Å². The summed E-state index contributed by atoms with van der Waals surface area (Å²) in [6, 6.07) is 6.85. The molecule has 3 nitrogen and oxygen atoms in total. The molecule has 1 aromatic rings. The molecular weight excluding hydrogens is 270 g/mol. The average molecular weight is 293 g/mol. The van der Waals surface area contributed by atoms with Crippen molar-refractivity contribution >= 4 is 11.8 Å². The van der Waals surface area contributed by atoms with Gasteiger partial charge in [0.25, 0.3) is 0 Å². The van der Waals surface area contributed by atoms with Crippen LogP contribution >= 0.6 is 11.8 Å². The zero-order valence-electron chi connectivity index (χ0n) is 12.1. The second-order valence-corrected chi connectivity index (χ2v) is 6.71. The largest absolute Gasteiger partial charge is 0.493 e. The Hall–Kier alpha value is -0.870. The van der Waals surface area contributed by atoms with Crippen LogP contribution < -0.4 is 14.8 Å². The molecule has 1 unspecified atom stereocenters. The molecule has 2 fully saturated rings. The summed E-state index contributed by atoms with van der Waals surface area (Å²) in [4.78, 5) is 0. The molecule has 1 N–H and O–H groups in total. The highest BCUT2D eigenvalue weighted by atomic mass is 32.2. The summed E-state index contributed by atoms with van der Waals surface area (Å²) in [5.41, 5.74) is 1.32. The van der Waals surface area contributed by atoms with Gasteiger partial charge in [-0.15, -0.1) is 0 Å². The van der Waals surface area contributed by atoms with E-state index in [2.05, 4.69) is 17.4 Å². The Kier molecular flexibility index (Phi) is 4.73. The van der Waals surface area contributed by atoms with Crippen LogP contribution in [0.15, 0.2) is 18.2 Å². The summed E-state index contributed by atoms with van der Waals surface area (Å²) in [7, 11) is 1.71. The molecule has 2 aliphatic heterocycles. The highest BCUT2D eigenvalue weighted by molar-refractivity contribution is 7.99. The van der Waals surface area contributed by atoms with Gasteiger partial charge < -0.3 is 14.8 Å². The summed E-state index contributed by atoms with van der Waals surface area (Å²) < 4.78 is 11.7. The van der Waals surface area contributed by atoms with Crippen LogP contribution in [0, 0.1) is 0 Å². The number of methoxy groups -OCH3 is 1. The normalized spacial score (nSPS) is 23.8. The van der Waals surface area contributed by atoms with Crippen molar-refractivity contribution in [3.8, 4) is 11.5 Å². The minimum Gasteiger partial charge on any atom is -0.493 e. The predicted octanol–water partition coefficient (Wildman–Crippen LogP) is 3.39. The molecule has 4 heteroatoms. The van der Waals surface area contributed by atoms with Gasteiger partial charge in [0.1, 0.15) is 6.10 Å². The monoisotopic (exact) mass is 293 g/mol. The molecular formula is C16H23NO2S. The van der Waals surface area contributed by atoms with Crippen LogP contribution in [-0.4, -0.2) is 31.3 Å². The number of ether oxygens (including phenoxy) is 2. The lowest BCUT2D eigenvalue weighted by atomic mass is 10.0. The molecule has 0 amide bonds. The molecule has 1 atom stereocenters. The van der Waals surface area contributed by atoms with Crippen molar-refractivity contribution in [2.45, 2.75) is 37.8 Å². The Balaban J connectivity index is 1.76. The molecule has 0 radical (unpaired) electrons. The maximum Gasteiger partial charge on any atom is 0.161 e. The summed E-state index contributed by atoms with van der Waals surface area (Å²) in [6.07, 6.45) is 5.09. The van der Waals surface area contributed by atoms with Gasteiger partial charge in [0.2, 0.25) is 0 Å². The van der Waals surface area contributed by atoms with Gasteiger partial charge in [-0.3, -0.25) is 0 Å². The van der Waals surface area contributed by atoms with E-state index in [9.17, 15) is 0 Å². The Morgan fingerprint density at radius 2 is 2.00 bits per heavy atom. The molecule has 1 aromatic carbocycles. The van der Waals surface area contributed by atoms with E-state index in [1.54, 1.807) is 7.11 Å². The second kappa shape index (κ2) is 6.72. The van der Waals surface area contributed by atoms with E-state index in [0.29, 0.717) is 12.1 Å². The summed E-state index contributed by atoms with van der Waals surface area (Å²) in [5.74, 6) is 4.17. The number of rotatable bonds is 4. The molecule has 0 spiro atoms. The van der Waals surface area contributed by atoms with Gasteiger partial charge in [0.15, 0.2) is 11.5 Å². The molecule has 2 aliphatic rings. The quantitative estimate of drug-likeness (QED) is 0.922. The van der Waals surface area contributed by atoms with Crippen LogP contribution in [0.2, 0.25) is 0 Å². The second-order valence-electron chi connectivity index (χ2n) is 5.49. The van der Waals surface area contributed by atoms with Crippen molar-refractivity contribution in [3.05, 3.63) is 23.8 Å². The van der Waals surface area contributed by atoms with Gasteiger partial charge >= 0.3 is 0 Å². The van der Waals surface area contributed by atoms with Crippen LogP contribution in [0.1, 0.15) is 37.3 Å². The number of nitrogens with one attached hydrogen (secondary N) is 1. The minimum absolute atomic E-state index is 0.344. The van der Waals surface area contributed by atoms with E-state index in [-0.39, 0.29) is 0 Å². The standard InChI is InChI=1S/C16H23NO2S/c1-18-15-5-4-12(14-3-2-8-17-14)11-16(15)19-13-6-9-20-10-7-13/h4-5,11,13-14,17H,2-3,6-10H2,1H3. The number of hydrogen-bond acceptors (Lipinski definition) is 4. The first-order chi connectivity index (χ1) is 9.86. The molecule has 20 heavy (non-hydrogen) atoms. The SMILES string of the molecule is COc1ccc(C2CCCN2)cc1OC1CCSCC1. The summed E-state index contributed by atoms with van der Waals surface area (Å²) in [6.45, 7) is 1.12. The van der Waals surface area contributed by atoms with Crippen molar-refractivity contribution in [3.63, 3.8) is 0 Å². The first-order valence-corrected chi connectivity index (χ1v) is 8.68. The molecule has 2 saturated heterocycles. The molecule has 110 valence electrons. The zero-order chi connectivity index (χ0) is 13.8. The van der Waals surface area contributed by atoms with Gasteiger partial charge in [0, 0.05) is 6.04 Å². The zero-order valence-corrected chi connectivity index (χ0v) is 12.9. The molecule has 0 bridgehead atoms. The Morgan fingerprint density at radius 3 is 2.70 bits per heavy atom. The maximum atomic E-state index is 6.21. The smallest absolute Gasteiger partial charge is 0.161 e. The Bertz CT molecular complexity index is 440. The molecule has 0 saturated carbocycles. The van der Waals surface area contributed by atoms with E-state index < -0.39 is 0 Å². The topological polar surface area (TPSA) is 30.5 Å². The molecule has 2 heterocycles. The Morgan fingerprint density at radius 1 is 1.15 bits per heavy atom. The highest BCUT2D eigenvalue weighted by Gasteiger charge is 2.20. The lowest BCUT2D eigenvalue weighted by Gasteiger charge is -2.24. The van der Waals surface area contributed by atoms with E-state index in [4.69, 9.17) is 9.47 Å². The molecule has 3 rings (SSSR count). The predicted molar refractivity (Wildman–Crippen MR) is 83.9 cm³/mol. The highest BCUT2D eigenvalue weighted by Crippen LogP contribution is 2.34. The van der Waals surface area contributed by atoms with Crippen molar-refractivity contribution in [2.75, 3.05) is 25.2 Å². The fraction of sp³-hybridized carbons (Fsp3) is 0.625. The van der Waals surface area contributed by atoms with Gasteiger partial charge in [0.05, 0.1) is 7.11 Å². The first kappa shape index (κ1) is 14.1. The van der Waals surface area contributed by atoms with E-state index >= 15 is 0 Å². The van der Waals surface area contributed by atoms with E-state index in [1.807, 2.05) is 17.8 Å². The van der Waals surface area contributed by atoms with Crippen LogP contribution in [0.5, 0.6) is 11.5 Å². The number of hydrogen-bond donors (Lipinski definition) is 1. The van der Waals surface area contributed by atoms with Gasteiger partial charge in [-0.2, -0.15) is 11.8 Å². The van der Waals surface area contributed by atoms with Gasteiger partial charge in [-0.1, -0.05) is 6.07 Å². The van der Waals surface area contributed by atoms with Gasteiger partial charge in [-0.05, 0) is 61.4 Å². The number of thioether (sulfide) groups is 1. The molecule has 0 aliphatic carbocycles. The van der Waals surface area contributed by atoms with Crippen molar-refractivity contribution in [2.24, 2.45) is 0 Å². The van der Waals surface area contributed by atoms with Crippen molar-refractivity contribution < 1.29 is 9.47 Å². The Labute approximate surface area is 125 Å². The maximum absolute atomic E-state index is 6.21. The lowest BCUT2D eigenvalue weighted by molar-refractivity contribution is 0.184. The molecule has 0 aromatic heterocycles.